The molecule has 0 spiro atoms. The molecule has 1 aliphatic rings. The van der Waals surface area contributed by atoms with E-state index in [0.717, 1.165) is 60.4 Å². The average Bonchev–Trinajstić information content (AvgIpc) is 3.32. The molecule has 0 radical (unpaired) electrons. The predicted octanol–water partition coefficient (Wildman–Crippen LogP) is 7.14. The van der Waals surface area contributed by atoms with E-state index >= 15 is 0 Å². The third-order valence-electron chi connectivity index (χ3n) is 6.30. The second kappa shape index (κ2) is 11.5. The van der Waals surface area contributed by atoms with Gasteiger partial charge in [0.25, 0.3) is 0 Å². The minimum absolute atomic E-state index is 0.256. The minimum atomic E-state index is -0.256. The van der Waals surface area contributed by atoms with Gasteiger partial charge in [0.1, 0.15) is 5.82 Å². The van der Waals surface area contributed by atoms with E-state index in [1.807, 2.05) is 24.5 Å². The molecule has 5 nitrogen and oxygen atoms in total. The molecular formula is C28H32FN5. The van der Waals surface area contributed by atoms with Crippen molar-refractivity contribution in [2.75, 3.05) is 11.9 Å². The van der Waals surface area contributed by atoms with Crippen LogP contribution in [-0.4, -0.2) is 26.1 Å². The SMILES string of the molecule is C=C/C=C(\C=C)CCCNc1nccc(-c2c(-c3ccc(F)cc3)ncn2C2CCCCC2)n1. The van der Waals surface area contributed by atoms with Crippen LogP contribution in [0.3, 0.4) is 0 Å². The lowest BCUT2D eigenvalue weighted by Crippen LogP contribution is -2.14. The molecule has 6 heteroatoms. The van der Waals surface area contributed by atoms with Gasteiger partial charge >= 0.3 is 0 Å². The van der Waals surface area contributed by atoms with Crippen LogP contribution in [-0.2, 0) is 0 Å². The number of benzene rings is 1. The standard InChI is InChI=1S/C28H32FN5/c1-3-9-21(4-2)10-8-18-30-28-31-19-17-25(33-28)27-26(22-13-15-23(29)16-14-22)32-20-34(27)24-11-6-5-7-12-24/h3-4,9,13-17,19-20,24H,1-2,5-8,10-12,18H2,(H,30,31,33)/b21-9+. The van der Waals surface area contributed by atoms with E-state index in [2.05, 4.69) is 28.0 Å². The van der Waals surface area contributed by atoms with Crippen molar-refractivity contribution in [2.24, 2.45) is 0 Å². The Hall–Kier alpha value is -3.54. The first-order valence-corrected chi connectivity index (χ1v) is 12.0. The predicted molar refractivity (Wildman–Crippen MR) is 137 cm³/mol. The highest BCUT2D eigenvalue weighted by molar-refractivity contribution is 5.77. The van der Waals surface area contributed by atoms with Crippen LogP contribution in [0.1, 0.15) is 51.0 Å². The van der Waals surface area contributed by atoms with Crippen LogP contribution in [0, 0.1) is 5.82 Å². The maximum Gasteiger partial charge on any atom is 0.223 e. The van der Waals surface area contributed by atoms with E-state index in [1.54, 1.807) is 24.4 Å². The van der Waals surface area contributed by atoms with E-state index in [1.165, 1.54) is 31.4 Å². The summed E-state index contributed by atoms with van der Waals surface area (Å²) in [6.07, 6.45) is 17.1. The number of nitrogens with one attached hydrogen (secondary N) is 1. The molecule has 0 atom stereocenters. The lowest BCUT2D eigenvalue weighted by atomic mass is 9.95. The Kier molecular flexibility index (Phi) is 8.02. The monoisotopic (exact) mass is 457 g/mol. The summed E-state index contributed by atoms with van der Waals surface area (Å²) in [5, 5.41) is 3.35. The number of halogens is 1. The lowest BCUT2D eigenvalue weighted by Gasteiger charge is -2.25. The fraction of sp³-hybridized carbons (Fsp3) is 0.321. The molecule has 0 amide bonds. The minimum Gasteiger partial charge on any atom is -0.354 e. The van der Waals surface area contributed by atoms with Crippen LogP contribution in [0.5, 0.6) is 0 Å². The fourth-order valence-corrected chi connectivity index (χ4v) is 4.54. The first-order valence-electron chi connectivity index (χ1n) is 12.0. The van der Waals surface area contributed by atoms with Crippen LogP contribution in [0.25, 0.3) is 22.6 Å². The van der Waals surface area contributed by atoms with Gasteiger partial charge in [-0.2, -0.15) is 0 Å². The molecule has 1 aliphatic carbocycles. The van der Waals surface area contributed by atoms with Crippen LogP contribution in [0.4, 0.5) is 10.3 Å². The lowest BCUT2D eigenvalue weighted by molar-refractivity contribution is 0.355. The van der Waals surface area contributed by atoms with Gasteiger partial charge < -0.3 is 9.88 Å². The molecule has 2 aromatic heterocycles. The molecule has 1 fully saturated rings. The summed E-state index contributed by atoms with van der Waals surface area (Å²) >= 11 is 0. The van der Waals surface area contributed by atoms with Crippen molar-refractivity contribution in [2.45, 2.75) is 51.0 Å². The quantitative estimate of drug-likeness (QED) is 0.260. The first kappa shape index (κ1) is 23.6. The normalized spacial score (nSPS) is 14.7. The number of nitrogens with zero attached hydrogens (tertiary/aromatic N) is 4. The van der Waals surface area contributed by atoms with Crippen molar-refractivity contribution >= 4 is 5.95 Å². The van der Waals surface area contributed by atoms with Crippen molar-refractivity contribution in [3.63, 3.8) is 0 Å². The largest absolute Gasteiger partial charge is 0.354 e. The molecule has 0 bridgehead atoms. The third-order valence-corrected chi connectivity index (χ3v) is 6.30. The molecule has 0 aliphatic heterocycles. The number of allylic oxidation sites excluding steroid dienone is 4. The van der Waals surface area contributed by atoms with Crippen molar-refractivity contribution < 1.29 is 4.39 Å². The van der Waals surface area contributed by atoms with Crippen molar-refractivity contribution in [3.05, 3.63) is 85.6 Å². The summed E-state index contributed by atoms with van der Waals surface area (Å²) in [5.74, 6) is 0.333. The second-order valence-corrected chi connectivity index (χ2v) is 8.63. The fourth-order valence-electron chi connectivity index (χ4n) is 4.54. The van der Waals surface area contributed by atoms with Gasteiger partial charge in [-0.05, 0) is 61.6 Å². The molecular weight excluding hydrogens is 425 g/mol. The third kappa shape index (κ3) is 5.68. The van der Waals surface area contributed by atoms with Gasteiger partial charge in [0, 0.05) is 24.3 Å². The molecule has 4 rings (SSSR count). The van der Waals surface area contributed by atoms with Crippen molar-refractivity contribution in [3.8, 4) is 22.6 Å². The molecule has 0 unspecified atom stereocenters. The van der Waals surface area contributed by atoms with E-state index in [9.17, 15) is 4.39 Å². The smallest absolute Gasteiger partial charge is 0.223 e. The topological polar surface area (TPSA) is 55.6 Å². The maximum absolute atomic E-state index is 13.6. The highest BCUT2D eigenvalue weighted by Crippen LogP contribution is 2.37. The number of aromatic nitrogens is 4. The number of rotatable bonds is 10. The van der Waals surface area contributed by atoms with Gasteiger partial charge in [-0.15, -0.1) is 0 Å². The Balaban J connectivity index is 1.60. The zero-order valence-corrected chi connectivity index (χ0v) is 19.6. The molecule has 3 aromatic rings. The van der Waals surface area contributed by atoms with Gasteiger partial charge in [0.2, 0.25) is 5.95 Å². The van der Waals surface area contributed by atoms with Crippen LogP contribution in [0.15, 0.2) is 79.8 Å². The summed E-state index contributed by atoms with van der Waals surface area (Å²) in [6, 6.07) is 8.83. The van der Waals surface area contributed by atoms with Gasteiger partial charge in [-0.1, -0.05) is 50.6 Å². The van der Waals surface area contributed by atoms with E-state index in [4.69, 9.17) is 9.97 Å². The Morgan fingerprint density at radius 2 is 1.88 bits per heavy atom. The van der Waals surface area contributed by atoms with Gasteiger partial charge in [0.15, 0.2) is 0 Å². The first-order chi connectivity index (χ1) is 16.7. The van der Waals surface area contributed by atoms with Crippen LogP contribution in [0.2, 0.25) is 0 Å². The Morgan fingerprint density at radius 3 is 2.62 bits per heavy atom. The van der Waals surface area contributed by atoms with E-state index in [0.29, 0.717) is 12.0 Å². The second-order valence-electron chi connectivity index (χ2n) is 8.63. The van der Waals surface area contributed by atoms with Gasteiger partial charge in [0.05, 0.1) is 23.4 Å². The van der Waals surface area contributed by atoms with E-state index in [-0.39, 0.29) is 5.82 Å². The number of anilines is 1. The highest BCUT2D eigenvalue weighted by Gasteiger charge is 2.23. The van der Waals surface area contributed by atoms with Gasteiger partial charge in [-0.3, -0.25) is 0 Å². The zero-order valence-electron chi connectivity index (χ0n) is 19.6. The molecule has 1 saturated carbocycles. The molecule has 176 valence electrons. The van der Waals surface area contributed by atoms with E-state index < -0.39 is 0 Å². The molecule has 34 heavy (non-hydrogen) atoms. The Bertz CT molecular complexity index is 1140. The number of imidazole rings is 1. The van der Waals surface area contributed by atoms with Crippen molar-refractivity contribution in [1.82, 2.24) is 19.5 Å². The maximum atomic E-state index is 13.6. The molecule has 1 aromatic carbocycles. The van der Waals surface area contributed by atoms with Crippen molar-refractivity contribution in [1.29, 1.82) is 0 Å². The van der Waals surface area contributed by atoms with Crippen LogP contribution < -0.4 is 5.32 Å². The summed E-state index contributed by atoms with van der Waals surface area (Å²) in [6.45, 7) is 8.35. The Labute approximate surface area is 201 Å². The van der Waals surface area contributed by atoms with Gasteiger partial charge in [-0.25, -0.2) is 19.3 Å². The molecule has 1 N–H and O–H groups in total. The molecule has 0 saturated heterocycles. The zero-order chi connectivity index (χ0) is 23.8. The summed E-state index contributed by atoms with van der Waals surface area (Å²) in [7, 11) is 0. The number of hydrogen-bond donors (Lipinski definition) is 1. The van der Waals surface area contributed by atoms with Crippen LogP contribution >= 0.6 is 0 Å². The number of hydrogen-bond acceptors (Lipinski definition) is 4. The summed E-state index contributed by atoms with van der Waals surface area (Å²) < 4.78 is 15.8. The average molecular weight is 458 g/mol. The highest BCUT2D eigenvalue weighted by atomic mass is 19.1. The summed E-state index contributed by atoms with van der Waals surface area (Å²) in [4.78, 5) is 14.0. The molecule has 2 heterocycles. The Morgan fingerprint density at radius 1 is 1.09 bits per heavy atom. The summed E-state index contributed by atoms with van der Waals surface area (Å²) in [5.41, 5.74) is 4.64.